The maximum atomic E-state index is 11.6. The van der Waals surface area contributed by atoms with Crippen molar-refractivity contribution < 1.29 is 19.1 Å². The second-order valence-corrected chi connectivity index (χ2v) is 3.51. The number of hydrogen-bond acceptors (Lipinski definition) is 5. The lowest BCUT2D eigenvalue weighted by molar-refractivity contribution is -0.163. The van der Waals surface area contributed by atoms with E-state index in [9.17, 15) is 9.59 Å². The summed E-state index contributed by atoms with van der Waals surface area (Å²) >= 11 is 0. The molecule has 2 atom stereocenters. The molecule has 0 aromatic carbocycles. The number of carbonyl (C=O) groups is 2. The van der Waals surface area contributed by atoms with Gasteiger partial charge in [0.05, 0.1) is 25.2 Å². The van der Waals surface area contributed by atoms with E-state index in [2.05, 4.69) is 0 Å². The molecule has 16 heavy (non-hydrogen) atoms. The van der Waals surface area contributed by atoms with Gasteiger partial charge in [0.15, 0.2) is 5.41 Å². The molecule has 0 rings (SSSR count). The van der Waals surface area contributed by atoms with Gasteiger partial charge in [-0.3, -0.25) is 9.59 Å². The molecule has 0 aromatic rings. The van der Waals surface area contributed by atoms with Gasteiger partial charge >= 0.3 is 11.9 Å². The van der Waals surface area contributed by atoms with E-state index in [0.29, 0.717) is 0 Å². The van der Waals surface area contributed by atoms with Crippen LogP contribution < -0.4 is 0 Å². The van der Waals surface area contributed by atoms with Gasteiger partial charge < -0.3 is 9.47 Å². The number of carbonyl (C=O) groups excluding carboxylic acids is 2. The van der Waals surface area contributed by atoms with Crippen molar-refractivity contribution in [3.63, 3.8) is 0 Å². The largest absolute Gasteiger partial charge is 0.466 e. The molecule has 0 fully saturated rings. The van der Waals surface area contributed by atoms with Crippen LogP contribution in [0, 0.1) is 22.7 Å². The summed E-state index contributed by atoms with van der Waals surface area (Å²) in [7, 11) is 0. The van der Waals surface area contributed by atoms with Crippen LogP contribution in [0.2, 0.25) is 0 Å². The normalized spacial score (nSPS) is 15.4. The molecule has 0 amide bonds. The lowest BCUT2D eigenvalue weighted by Crippen LogP contribution is -2.39. The third-order valence-corrected chi connectivity index (χ3v) is 2.44. The van der Waals surface area contributed by atoms with E-state index in [0.717, 1.165) is 0 Å². The molecule has 5 heteroatoms. The van der Waals surface area contributed by atoms with Crippen LogP contribution in [0.25, 0.3) is 0 Å². The van der Waals surface area contributed by atoms with Crippen LogP contribution in [0.1, 0.15) is 27.7 Å². The van der Waals surface area contributed by atoms with E-state index < -0.39 is 23.3 Å². The third-order valence-electron chi connectivity index (χ3n) is 2.44. The Kier molecular flexibility index (Phi) is 5.51. The summed E-state index contributed by atoms with van der Waals surface area (Å²) in [5.41, 5.74) is -1.50. The fourth-order valence-corrected chi connectivity index (χ4v) is 1.10. The molecule has 0 saturated heterocycles. The molecule has 0 spiro atoms. The van der Waals surface area contributed by atoms with Crippen molar-refractivity contribution in [2.75, 3.05) is 13.2 Å². The number of hydrogen-bond donors (Lipinski definition) is 0. The Balaban J connectivity index is 4.89. The molecule has 90 valence electrons. The minimum atomic E-state index is -1.50. The number of nitrogens with zero attached hydrogens (tertiary/aromatic N) is 1. The average Bonchev–Trinajstić information content (AvgIpc) is 2.27. The van der Waals surface area contributed by atoms with Crippen LogP contribution in [0.5, 0.6) is 0 Å². The lowest BCUT2D eigenvalue weighted by atomic mass is 9.79. The molecule has 0 heterocycles. The molecule has 0 N–H and O–H groups in total. The van der Waals surface area contributed by atoms with E-state index in [-0.39, 0.29) is 13.2 Å². The van der Waals surface area contributed by atoms with E-state index in [1.54, 1.807) is 13.8 Å². The highest BCUT2D eigenvalue weighted by Crippen LogP contribution is 2.29. The van der Waals surface area contributed by atoms with Crippen molar-refractivity contribution in [2.24, 2.45) is 11.3 Å². The van der Waals surface area contributed by atoms with Gasteiger partial charge in [0.1, 0.15) is 0 Å². The van der Waals surface area contributed by atoms with Crippen LogP contribution in [0.3, 0.4) is 0 Å². The first-order valence-corrected chi connectivity index (χ1v) is 5.19. The first kappa shape index (κ1) is 14.4. The van der Waals surface area contributed by atoms with E-state index >= 15 is 0 Å². The predicted molar refractivity (Wildman–Crippen MR) is 56.2 cm³/mol. The Hall–Kier alpha value is -1.57. The Labute approximate surface area is 95.3 Å². The summed E-state index contributed by atoms with van der Waals surface area (Å²) in [6, 6.07) is 1.83. The molecular weight excluding hydrogens is 210 g/mol. The molecule has 0 saturated carbocycles. The first-order chi connectivity index (χ1) is 7.43. The maximum Gasteiger partial charge on any atom is 0.327 e. The van der Waals surface area contributed by atoms with Crippen LogP contribution >= 0.6 is 0 Å². The smallest absolute Gasteiger partial charge is 0.327 e. The zero-order chi connectivity index (χ0) is 12.8. The van der Waals surface area contributed by atoms with Crippen molar-refractivity contribution in [3.8, 4) is 6.07 Å². The standard InChI is InChI=1S/C11H17NO4/c1-5-15-9(13)8(3)11(4,7-12)10(14)16-6-2/h8H,5-6H2,1-4H3/t8-,11+/m0/s1. The summed E-state index contributed by atoms with van der Waals surface area (Å²) < 4.78 is 9.56. The monoisotopic (exact) mass is 227 g/mol. The SMILES string of the molecule is CCOC(=O)[C@H](C)[C@@](C)(C#N)C(=O)OCC. The van der Waals surface area contributed by atoms with Gasteiger partial charge in [0, 0.05) is 0 Å². The van der Waals surface area contributed by atoms with Crippen LogP contribution in [0.4, 0.5) is 0 Å². The highest BCUT2D eigenvalue weighted by Gasteiger charge is 2.45. The zero-order valence-corrected chi connectivity index (χ0v) is 10.1. The Morgan fingerprint density at radius 3 is 2.19 bits per heavy atom. The fraction of sp³-hybridized carbons (Fsp3) is 0.727. The second-order valence-electron chi connectivity index (χ2n) is 3.51. The van der Waals surface area contributed by atoms with E-state index in [4.69, 9.17) is 14.7 Å². The zero-order valence-electron chi connectivity index (χ0n) is 10.1. The van der Waals surface area contributed by atoms with Gasteiger partial charge in [-0.25, -0.2) is 0 Å². The molecule has 0 bridgehead atoms. The van der Waals surface area contributed by atoms with Crippen molar-refractivity contribution in [1.29, 1.82) is 5.26 Å². The first-order valence-electron chi connectivity index (χ1n) is 5.19. The van der Waals surface area contributed by atoms with Gasteiger partial charge in [-0.15, -0.1) is 0 Å². The second kappa shape index (κ2) is 6.11. The van der Waals surface area contributed by atoms with Gasteiger partial charge in [-0.05, 0) is 27.7 Å². The molecule has 0 aromatic heterocycles. The Bertz CT molecular complexity index is 308. The highest BCUT2D eigenvalue weighted by molar-refractivity contribution is 5.87. The number of rotatable bonds is 5. The van der Waals surface area contributed by atoms with E-state index in [1.807, 2.05) is 6.07 Å². The fourth-order valence-electron chi connectivity index (χ4n) is 1.10. The molecule has 0 unspecified atom stereocenters. The van der Waals surface area contributed by atoms with E-state index in [1.165, 1.54) is 13.8 Å². The topological polar surface area (TPSA) is 76.4 Å². The van der Waals surface area contributed by atoms with Crippen LogP contribution in [0.15, 0.2) is 0 Å². The molecule has 0 aliphatic heterocycles. The predicted octanol–water partition coefficient (Wildman–Crippen LogP) is 1.28. The summed E-state index contributed by atoms with van der Waals surface area (Å²) in [4.78, 5) is 23.1. The highest BCUT2D eigenvalue weighted by atomic mass is 16.5. The van der Waals surface area contributed by atoms with Crippen LogP contribution in [-0.4, -0.2) is 25.2 Å². The number of esters is 2. The minimum Gasteiger partial charge on any atom is -0.466 e. The quantitative estimate of drug-likeness (QED) is 0.661. The summed E-state index contributed by atoms with van der Waals surface area (Å²) in [6.07, 6.45) is 0. The summed E-state index contributed by atoms with van der Waals surface area (Å²) in [5, 5.41) is 9.01. The van der Waals surface area contributed by atoms with Gasteiger partial charge in [-0.2, -0.15) is 5.26 Å². The Morgan fingerprint density at radius 2 is 1.81 bits per heavy atom. The summed E-state index contributed by atoms with van der Waals surface area (Å²) in [6.45, 7) is 6.56. The van der Waals surface area contributed by atoms with Crippen LogP contribution in [-0.2, 0) is 19.1 Å². The van der Waals surface area contributed by atoms with Crippen molar-refractivity contribution in [2.45, 2.75) is 27.7 Å². The van der Waals surface area contributed by atoms with Crippen molar-refractivity contribution >= 4 is 11.9 Å². The van der Waals surface area contributed by atoms with Gasteiger partial charge in [0.2, 0.25) is 0 Å². The number of nitriles is 1. The Morgan fingerprint density at radius 1 is 1.31 bits per heavy atom. The van der Waals surface area contributed by atoms with Gasteiger partial charge in [-0.1, -0.05) is 0 Å². The third kappa shape index (κ3) is 2.96. The molecule has 0 aliphatic carbocycles. The minimum absolute atomic E-state index is 0.172. The molecule has 5 nitrogen and oxygen atoms in total. The van der Waals surface area contributed by atoms with Gasteiger partial charge in [0.25, 0.3) is 0 Å². The lowest BCUT2D eigenvalue weighted by Gasteiger charge is -2.24. The van der Waals surface area contributed by atoms with Crippen molar-refractivity contribution in [1.82, 2.24) is 0 Å². The molecule has 0 aliphatic rings. The number of ether oxygens (including phenoxy) is 2. The average molecular weight is 227 g/mol. The van der Waals surface area contributed by atoms with Crippen molar-refractivity contribution in [3.05, 3.63) is 0 Å². The summed E-state index contributed by atoms with van der Waals surface area (Å²) in [5.74, 6) is -2.12. The molecular formula is C11H17NO4. The molecule has 0 radical (unpaired) electrons. The maximum absolute atomic E-state index is 11.6.